The molecule has 12 heavy (non-hydrogen) atoms. The number of aromatic nitrogens is 1. The minimum absolute atomic E-state index is 0.0853. The molecule has 2 N–H and O–H groups in total. The second-order valence-electron chi connectivity index (χ2n) is 3.16. The molecule has 1 aliphatic carbocycles. The summed E-state index contributed by atoms with van der Waals surface area (Å²) < 4.78 is 0. The number of nitrogens with one attached hydrogen (secondary N) is 2. The van der Waals surface area contributed by atoms with Crippen molar-refractivity contribution in [3.8, 4) is 0 Å². The molecule has 1 aliphatic rings. The molecule has 1 heterocycles. The van der Waals surface area contributed by atoms with Gasteiger partial charge >= 0.3 is 4.87 Å². The van der Waals surface area contributed by atoms with Gasteiger partial charge in [-0.15, -0.1) is 0 Å². The van der Waals surface area contributed by atoms with E-state index >= 15 is 0 Å². The van der Waals surface area contributed by atoms with Crippen LogP contribution < -0.4 is 10.2 Å². The SMILES string of the molecule is CNCc1sc(=O)[nH]c1C1CC1. The van der Waals surface area contributed by atoms with E-state index in [1.54, 1.807) is 0 Å². The molecule has 0 amide bonds. The Labute approximate surface area is 74.8 Å². The van der Waals surface area contributed by atoms with E-state index in [4.69, 9.17) is 0 Å². The van der Waals surface area contributed by atoms with Crippen LogP contribution in [0.5, 0.6) is 0 Å². The summed E-state index contributed by atoms with van der Waals surface area (Å²) in [4.78, 5) is 15.2. The highest BCUT2D eigenvalue weighted by Crippen LogP contribution is 2.40. The molecule has 0 spiro atoms. The summed E-state index contributed by atoms with van der Waals surface area (Å²) in [5.41, 5.74) is 1.18. The molecule has 0 radical (unpaired) electrons. The smallest absolute Gasteiger partial charge is 0.304 e. The van der Waals surface area contributed by atoms with E-state index in [0.29, 0.717) is 5.92 Å². The van der Waals surface area contributed by atoms with Gasteiger partial charge in [-0.05, 0) is 19.9 Å². The van der Waals surface area contributed by atoms with Crippen molar-refractivity contribution in [1.82, 2.24) is 10.3 Å². The van der Waals surface area contributed by atoms with Crippen molar-refractivity contribution >= 4 is 11.3 Å². The number of H-pyrrole nitrogens is 1. The average molecular weight is 184 g/mol. The van der Waals surface area contributed by atoms with Gasteiger partial charge in [-0.1, -0.05) is 11.3 Å². The third kappa shape index (κ3) is 1.44. The maximum Gasteiger partial charge on any atom is 0.304 e. The minimum atomic E-state index is 0.0853. The molecule has 1 saturated carbocycles. The average Bonchev–Trinajstić information content (AvgIpc) is 2.79. The van der Waals surface area contributed by atoms with Crippen LogP contribution in [0.25, 0.3) is 0 Å². The van der Waals surface area contributed by atoms with Gasteiger partial charge in [0.15, 0.2) is 0 Å². The number of thiazole rings is 1. The number of rotatable bonds is 3. The van der Waals surface area contributed by atoms with E-state index in [-0.39, 0.29) is 4.87 Å². The molecule has 0 unspecified atom stereocenters. The first kappa shape index (κ1) is 8.01. The Balaban J connectivity index is 2.30. The monoisotopic (exact) mass is 184 g/mol. The molecule has 0 aromatic carbocycles. The lowest BCUT2D eigenvalue weighted by atomic mass is 10.2. The van der Waals surface area contributed by atoms with E-state index in [1.807, 2.05) is 7.05 Å². The molecule has 0 aliphatic heterocycles. The molecule has 1 fully saturated rings. The van der Waals surface area contributed by atoms with Crippen LogP contribution in [0.3, 0.4) is 0 Å². The summed E-state index contributed by atoms with van der Waals surface area (Å²) in [7, 11) is 1.90. The first-order valence-electron chi connectivity index (χ1n) is 4.17. The van der Waals surface area contributed by atoms with E-state index in [0.717, 1.165) is 6.54 Å². The first-order chi connectivity index (χ1) is 5.81. The zero-order valence-electron chi connectivity index (χ0n) is 7.02. The van der Waals surface area contributed by atoms with Crippen molar-refractivity contribution < 1.29 is 0 Å². The Bertz CT molecular complexity index is 324. The van der Waals surface area contributed by atoms with Gasteiger partial charge in [-0.3, -0.25) is 4.79 Å². The van der Waals surface area contributed by atoms with Crippen LogP contribution >= 0.6 is 11.3 Å². The fourth-order valence-electron chi connectivity index (χ4n) is 1.37. The van der Waals surface area contributed by atoms with Crippen molar-refractivity contribution in [3.05, 3.63) is 20.2 Å². The van der Waals surface area contributed by atoms with Gasteiger partial charge in [0.05, 0.1) is 0 Å². The largest absolute Gasteiger partial charge is 0.316 e. The second kappa shape index (κ2) is 3.03. The standard InChI is InChI=1S/C8H12N2OS/c1-9-4-6-7(5-2-3-5)10-8(11)12-6/h5,9H,2-4H2,1H3,(H,10,11). The third-order valence-electron chi connectivity index (χ3n) is 2.08. The van der Waals surface area contributed by atoms with Crippen LogP contribution in [-0.4, -0.2) is 12.0 Å². The zero-order chi connectivity index (χ0) is 8.55. The Morgan fingerprint density at radius 1 is 1.67 bits per heavy atom. The molecule has 2 rings (SSSR count). The molecule has 0 saturated heterocycles. The van der Waals surface area contributed by atoms with Crippen molar-refractivity contribution in [3.63, 3.8) is 0 Å². The number of hydrogen-bond acceptors (Lipinski definition) is 3. The first-order valence-corrected chi connectivity index (χ1v) is 4.99. The second-order valence-corrected chi connectivity index (χ2v) is 4.22. The molecular weight excluding hydrogens is 172 g/mol. The molecule has 1 aromatic heterocycles. The molecule has 0 bridgehead atoms. The normalized spacial score (nSPS) is 16.8. The summed E-state index contributed by atoms with van der Waals surface area (Å²) in [6.45, 7) is 0.815. The van der Waals surface area contributed by atoms with Crippen LogP contribution in [0.2, 0.25) is 0 Å². The maximum absolute atomic E-state index is 11.1. The topological polar surface area (TPSA) is 44.9 Å². The highest BCUT2D eigenvalue weighted by atomic mass is 32.1. The maximum atomic E-state index is 11.1. The lowest BCUT2D eigenvalue weighted by Crippen LogP contribution is -2.05. The predicted octanol–water partition coefficient (Wildman–Crippen LogP) is 1.03. The summed E-state index contributed by atoms with van der Waals surface area (Å²) in [5.74, 6) is 0.646. The van der Waals surface area contributed by atoms with E-state index in [1.165, 1.54) is 34.7 Å². The van der Waals surface area contributed by atoms with Crippen LogP contribution in [0.1, 0.15) is 29.3 Å². The van der Waals surface area contributed by atoms with Gasteiger partial charge in [0, 0.05) is 23.0 Å². The molecule has 1 aromatic rings. The number of aromatic amines is 1. The van der Waals surface area contributed by atoms with Crippen LogP contribution in [0, 0.1) is 0 Å². The highest BCUT2D eigenvalue weighted by Gasteiger charge is 2.27. The van der Waals surface area contributed by atoms with Gasteiger partial charge in [0.2, 0.25) is 0 Å². The van der Waals surface area contributed by atoms with E-state index in [2.05, 4.69) is 10.3 Å². The fraction of sp³-hybridized carbons (Fsp3) is 0.625. The van der Waals surface area contributed by atoms with Gasteiger partial charge in [-0.2, -0.15) is 0 Å². The van der Waals surface area contributed by atoms with E-state index < -0.39 is 0 Å². The van der Waals surface area contributed by atoms with E-state index in [9.17, 15) is 4.79 Å². The van der Waals surface area contributed by atoms with Crippen molar-refractivity contribution in [2.45, 2.75) is 25.3 Å². The lowest BCUT2D eigenvalue weighted by molar-refractivity contribution is 0.812. The highest BCUT2D eigenvalue weighted by molar-refractivity contribution is 7.09. The molecule has 3 nitrogen and oxygen atoms in total. The summed E-state index contributed by atoms with van der Waals surface area (Å²) in [5, 5.41) is 3.07. The van der Waals surface area contributed by atoms with Gasteiger partial charge in [0.25, 0.3) is 0 Å². The summed E-state index contributed by atoms with van der Waals surface area (Å²) in [6, 6.07) is 0. The summed E-state index contributed by atoms with van der Waals surface area (Å²) >= 11 is 1.33. The molecular formula is C8H12N2OS. The van der Waals surface area contributed by atoms with Crippen molar-refractivity contribution in [1.29, 1.82) is 0 Å². The Morgan fingerprint density at radius 3 is 3.00 bits per heavy atom. The fourth-order valence-corrected chi connectivity index (χ4v) is 2.29. The Kier molecular flexibility index (Phi) is 2.02. The quantitative estimate of drug-likeness (QED) is 0.737. The molecule has 66 valence electrons. The number of hydrogen-bond donors (Lipinski definition) is 2. The van der Waals surface area contributed by atoms with Gasteiger partial charge in [0.1, 0.15) is 0 Å². The van der Waals surface area contributed by atoms with Crippen molar-refractivity contribution in [2.24, 2.45) is 0 Å². The molecule has 4 heteroatoms. The Morgan fingerprint density at radius 2 is 2.42 bits per heavy atom. The van der Waals surface area contributed by atoms with Crippen LogP contribution in [0.4, 0.5) is 0 Å². The predicted molar refractivity (Wildman–Crippen MR) is 49.7 cm³/mol. The lowest BCUT2D eigenvalue weighted by Gasteiger charge is -1.98. The third-order valence-corrected chi connectivity index (χ3v) is 2.97. The van der Waals surface area contributed by atoms with Crippen LogP contribution in [0.15, 0.2) is 4.79 Å². The zero-order valence-corrected chi connectivity index (χ0v) is 7.83. The molecule has 0 atom stereocenters. The van der Waals surface area contributed by atoms with Crippen LogP contribution in [-0.2, 0) is 6.54 Å². The van der Waals surface area contributed by atoms with Gasteiger partial charge < -0.3 is 10.3 Å². The van der Waals surface area contributed by atoms with Crippen molar-refractivity contribution in [2.75, 3.05) is 7.05 Å². The summed E-state index contributed by atoms with van der Waals surface area (Å²) in [6.07, 6.45) is 2.48. The Hall–Kier alpha value is -0.610. The minimum Gasteiger partial charge on any atom is -0.316 e. The van der Waals surface area contributed by atoms with Gasteiger partial charge in [-0.25, -0.2) is 0 Å².